The molecule has 0 bridgehead atoms. The summed E-state index contributed by atoms with van der Waals surface area (Å²) in [7, 11) is 0. The minimum atomic E-state index is -1.09. The van der Waals surface area contributed by atoms with Gasteiger partial charge in [-0.15, -0.1) is 0 Å². The van der Waals surface area contributed by atoms with Crippen LogP contribution < -0.4 is 5.32 Å². The Labute approximate surface area is 285 Å². The van der Waals surface area contributed by atoms with Crippen LogP contribution in [0.4, 0.5) is 4.79 Å². The number of aliphatic hydroxyl groups excluding tert-OH is 1. The van der Waals surface area contributed by atoms with Crippen molar-refractivity contribution in [1.82, 2.24) is 15.2 Å². The van der Waals surface area contributed by atoms with E-state index in [2.05, 4.69) is 84.5 Å². The van der Waals surface area contributed by atoms with Gasteiger partial charge in [-0.25, -0.2) is 4.79 Å². The average Bonchev–Trinajstić information content (AvgIpc) is 3.08. The van der Waals surface area contributed by atoms with E-state index in [0.717, 1.165) is 33.5 Å². The smallest absolute Gasteiger partial charge is 0.404 e. The van der Waals surface area contributed by atoms with Gasteiger partial charge in [0.15, 0.2) is 0 Å². The predicted octanol–water partition coefficient (Wildman–Crippen LogP) is 8.58. The van der Waals surface area contributed by atoms with Crippen molar-refractivity contribution >= 4 is 6.09 Å². The van der Waals surface area contributed by atoms with Crippen LogP contribution in [0.25, 0.3) is 11.3 Å². The number of pyridine rings is 1. The molecule has 0 fully saturated rings. The highest BCUT2D eigenvalue weighted by molar-refractivity contribution is 5.65. The van der Waals surface area contributed by atoms with Gasteiger partial charge < -0.3 is 15.5 Å². The summed E-state index contributed by atoms with van der Waals surface area (Å²) in [5, 5.41) is 25.1. The molecule has 3 N–H and O–H groups in total. The van der Waals surface area contributed by atoms with E-state index in [1.54, 1.807) is 6.20 Å². The van der Waals surface area contributed by atoms with E-state index >= 15 is 0 Å². The molecule has 0 aliphatic carbocycles. The number of benzene rings is 4. The number of rotatable bonds is 14. The molecule has 6 heteroatoms. The fourth-order valence-corrected chi connectivity index (χ4v) is 6.88. The van der Waals surface area contributed by atoms with E-state index in [9.17, 15) is 15.0 Å². The molecule has 0 aliphatic heterocycles. The molecule has 0 saturated heterocycles. The lowest BCUT2D eigenvalue weighted by Gasteiger charge is -2.46. The predicted molar refractivity (Wildman–Crippen MR) is 194 cm³/mol. The molecule has 5 rings (SSSR count). The number of aliphatic hydroxyl groups is 1. The second kappa shape index (κ2) is 16.4. The second-order valence-electron chi connectivity index (χ2n) is 13.7. The van der Waals surface area contributed by atoms with Gasteiger partial charge in [-0.05, 0) is 52.6 Å². The summed E-state index contributed by atoms with van der Waals surface area (Å²) in [5.74, 6) is -0.111. The molecule has 4 aromatic carbocycles. The number of hydrogen-bond donors (Lipinski definition) is 3. The molecule has 4 atom stereocenters. The Bertz CT molecular complexity index is 1630. The van der Waals surface area contributed by atoms with Gasteiger partial charge in [-0.1, -0.05) is 142 Å². The topological polar surface area (TPSA) is 85.7 Å². The minimum absolute atomic E-state index is 0.111. The van der Waals surface area contributed by atoms with E-state index < -0.39 is 18.2 Å². The largest absolute Gasteiger partial charge is 0.465 e. The molecule has 5 aromatic rings. The molecule has 1 unspecified atom stereocenters. The maximum atomic E-state index is 12.5. The number of amides is 1. The number of aromatic nitrogens is 1. The Morgan fingerprint density at radius 1 is 0.729 bits per heavy atom. The Hall–Kier alpha value is -4.78. The van der Waals surface area contributed by atoms with Gasteiger partial charge in [-0.3, -0.25) is 9.88 Å². The van der Waals surface area contributed by atoms with Crippen molar-refractivity contribution < 1.29 is 15.0 Å². The lowest BCUT2D eigenvalue weighted by molar-refractivity contribution is -0.00757. The van der Waals surface area contributed by atoms with Crippen LogP contribution in [-0.4, -0.2) is 44.4 Å². The van der Waals surface area contributed by atoms with Crippen molar-refractivity contribution in [2.45, 2.75) is 70.8 Å². The maximum Gasteiger partial charge on any atom is 0.404 e. The lowest BCUT2D eigenvalue weighted by Crippen LogP contribution is -2.52. The molecular weight excluding hydrogens is 594 g/mol. The number of carboxylic acid groups (broad SMARTS) is 1. The summed E-state index contributed by atoms with van der Waals surface area (Å²) in [4.78, 5) is 19.0. The third-order valence-electron chi connectivity index (χ3n) is 8.96. The van der Waals surface area contributed by atoms with Crippen LogP contribution in [-0.2, 0) is 19.5 Å². The zero-order chi connectivity index (χ0) is 33.9. The quantitative estimate of drug-likeness (QED) is 0.113. The van der Waals surface area contributed by atoms with Crippen molar-refractivity contribution in [1.29, 1.82) is 0 Å². The van der Waals surface area contributed by atoms with Gasteiger partial charge in [0.25, 0.3) is 0 Å². The normalized spacial score (nSPS) is 14.2. The maximum absolute atomic E-state index is 12.5. The van der Waals surface area contributed by atoms with Crippen molar-refractivity contribution in [3.05, 3.63) is 162 Å². The van der Waals surface area contributed by atoms with Crippen LogP contribution in [0.1, 0.15) is 55.4 Å². The molecule has 6 nitrogen and oxygen atoms in total. The fraction of sp³-hybridized carbons (Fsp3) is 0.286. The molecule has 1 heterocycles. The molecular formula is C42H47N3O3. The molecule has 1 aromatic heterocycles. The monoisotopic (exact) mass is 641 g/mol. The minimum Gasteiger partial charge on any atom is -0.465 e. The van der Waals surface area contributed by atoms with Crippen molar-refractivity contribution in [3.63, 3.8) is 0 Å². The van der Waals surface area contributed by atoms with Crippen molar-refractivity contribution in [3.8, 4) is 11.3 Å². The number of nitrogens with zero attached hydrogens (tertiary/aromatic N) is 2. The van der Waals surface area contributed by atoms with E-state index in [0.29, 0.717) is 19.5 Å². The summed E-state index contributed by atoms with van der Waals surface area (Å²) >= 11 is 0. The second-order valence-corrected chi connectivity index (χ2v) is 13.7. The fourth-order valence-electron chi connectivity index (χ4n) is 6.88. The van der Waals surface area contributed by atoms with Crippen LogP contribution in [0, 0.1) is 5.41 Å². The number of nitrogens with one attached hydrogen (secondary N) is 1. The zero-order valence-electron chi connectivity index (χ0n) is 28.1. The average molecular weight is 642 g/mol. The van der Waals surface area contributed by atoms with Crippen LogP contribution in [0.15, 0.2) is 140 Å². The first-order chi connectivity index (χ1) is 23.2. The summed E-state index contributed by atoms with van der Waals surface area (Å²) in [6, 6.07) is 44.2. The summed E-state index contributed by atoms with van der Waals surface area (Å²) in [5.41, 5.74) is 6.10. The molecule has 0 saturated carbocycles. The molecule has 248 valence electrons. The first-order valence-corrected chi connectivity index (χ1v) is 16.7. The van der Waals surface area contributed by atoms with Gasteiger partial charge >= 0.3 is 6.09 Å². The van der Waals surface area contributed by atoms with Gasteiger partial charge in [0.1, 0.15) is 0 Å². The highest BCUT2D eigenvalue weighted by Gasteiger charge is 2.42. The Morgan fingerprint density at radius 3 is 1.73 bits per heavy atom. The molecule has 1 amide bonds. The molecule has 48 heavy (non-hydrogen) atoms. The Morgan fingerprint density at radius 2 is 1.25 bits per heavy atom. The van der Waals surface area contributed by atoms with Crippen LogP contribution in [0.5, 0.6) is 0 Å². The molecule has 0 aliphatic rings. The highest BCUT2D eigenvalue weighted by atomic mass is 16.4. The summed E-state index contributed by atoms with van der Waals surface area (Å²) < 4.78 is 0. The Kier molecular flexibility index (Phi) is 11.8. The SMILES string of the molecule is CC(C)(C)C(c1ccc(-c2ccccn2)cc1)[C@@H]([C@@H](O)C[C@H](Cc1ccccc1)NC(=O)O)N(Cc1ccccc1)Cc1ccccc1. The third kappa shape index (κ3) is 9.63. The first kappa shape index (κ1) is 34.6. The van der Waals surface area contributed by atoms with Crippen molar-refractivity contribution in [2.75, 3.05) is 0 Å². The van der Waals surface area contributed by atoms with Crippen LogP contribution in [0.3, 0.4) is 0 Å². The lowest BCUT2D eigenvalue weighted by atomic mass is 9.69. The number of hydrogen-bond acceptors (Lipinski definition) is 4. The first-order valence-electron chi connectivity index (χ1n) is 16.7. The van der Waals surface area contributed by atoms with Gasteiger partial charge in [-0.2, -0.15) is 0 Å². The Balaban J connectivity index is 1.59. The molecule has 0 radical (unpaired) electrons. The zero-order valence-corrected chi connectivity index (χ0v) is 28.1. The van der Waals surface area contributed by atoms with Gasteiger partial charge in [0.05, 0.1) is 11.8 Å². The van der Waals surface area contributed by atoms with E-state index in [4.69, 9.17) is 0 Å². The number of carbonyl (C=O) groups is 1. The summed E-state index contributed by atoms with van der Waals surface area (Å²) in [6.45, 7) is 7.91. The van der Waals surface area contributed by atoms with E-state index in [1.165, 1.54) is 0 Å². The standard InChI is InChI=1S/C42H47N3O3/c1-42(2,3)39(35-24-22-34(23-25-35)37-21-13-14-26-43-37)40(38(46)28-36(44-41(47)48)27-31-15-7-4-8-16-31)45(29-32-17-9-5-10-18-32)30-33-19-11-6-12-20-33/h4-26,36,38-40,44,46H,27-30H2,1-3H3,(H,47,48)/t36-,38-,39?,40+/m0/s1. The third-order valence-corrected chi connectivity index (χ3v) is 8.96. The van der Waals surface area contributed by atoms with Gasteiger partial charge in [0, 0.05) is 42.9 Å². The van der Waals surface area contributed by atoms with E-state index in [-0.39, 0.29) is 23.8 Å². The molecule has 0 spiro atoms. The van der Waals surface area contributed by atoms with Crippen molar-refractivity contribution in [2.24, 2.45) is 5.41 Å². The van der Waals surface area contributed by atoms with Gasteiger partial charge in [0.2, 0.25) is 0 Å². The van der Waals surface area contributed by atoms with Crippen LogP contribution in [0.2, 0.25) is 0 Å². The van der Waals surface area contributed by atoms with E-state index in [1.807, 2.05) is 84.9 Å². The summed E-state index contributed by atoms with van der Waals surface area (Å²) in [6.07, 6.45) is 0.577. The highest BCUT2D eigenvalue weighted by Crippen LogP contribution is 2.43. The van der Waals surface area contributed by atoms with Crippen LogP contribution >= 0.6 is 0 Å².